The SMILES string of the molecule is CCCNC(Cc1cnn(C)c1)c1cccc(C)c1C. The van der Waals surface area contributed by atoms with E-state index in [-0.39, 0.29) is 0 Å². The van der Waals surface area contributed by atoms with Crippen molar-refractivity contribution < 1.29 is 0 Å². The average Bonchev–Trinajstić information content (AvgIpc) is 2.83. The van der Waals surface area contributed by atoms with Gasteiger partial charge in [0.1, 0.15) is 0 Å². The average molecular weight is 271 g/mol. The topological polar surface area (TPSA) is 29.9 Å². The van der Waals surface area contributed by atoms with Crippen LogP contribution in [0.3, 0.4) is 0 Å². The van der Waals surface area contributed by atoms with E-state index < -0.39 is 0 Å². The van der Waals surface area contributed by atoms with Crippen molar-refractivity contribution in [3.05, 3.63) is 52.8 Å². The van der Waals surface area contributed by atoms with Gasteiger partial charge in [-0.2, -0.15) is 5.10 Å². The molecule has 108 valence electrons. The second-order valence-corrected chi connectivity index (χ2v) is 5.52. The summed E-state index contributed by atoms with van der Waals surface area (Å²) in [6.45, 7) is 7.64. The Balaban J connectivity index is 2.24. The molecule has 0 radical (unpaired) electrons. The van der Waals surface area contributed by atoms with Crippen molar-refractivity contribution in [1.82, 2.24) is 15.1 Å². The lowest BCUT2D eigenvalue weighted by molar-refractivity contribution is 0.526. The highest BCUT2D eigenvalue weighted by molar-refractivity contribution is 5.36. The van der Waals surface area contributed by atoms with Gasteiger partial charge in [-0.3, -0.25) is 4.68 Å². The summed E-state index contributed by atoms with van der Waals surface area (Å²) in [6.07, 6.45) is 6.20. The minimum Gasteiger partial charge on any atom is -0.310 e. The van der Waals surface area contributed by atoms with Crippen molar-refractivity contribution in [3.63, 3.8) is 0 Å². The molecule has 20 heavy (non-hydrogen) atoms. The Hall–Kier alpha value is -1.61. The Labute approximate surface area is 122 Å². The van der Waals surface area contributed by atoms with Gasteiger partial charge in [-0.05, 0) is 55.5 Å². The standard InChI is InChI=1S/C17H25N3/c1-5-9-18-17(10-15-11-19-20(4)12-15)16-8-6-7-13(2)14(16)3/h6-8,11-12,17-18H,5,9-10H2,1-4H3. The lowest BCUT2D eigenvalue weighted by Crippen LogP contribution is -2.25. The summed E-state index contributed by atoms with van der Waals surface area (Å²) in [5.74, 6) is 0. The zero-order valence-corrected chi connectivity index (χ0v) is 13.0. The van der Waals surface area contributed by atoms with E-state index in [1.54, 1.807) is 0 Å². The molecule has 0 spiro atoms. The molecule has 3 heteroatoms. The van der Waals surface area contributed by atoms with Crippen LogP contribution in [0.5, 0.6) is 0 Å². The fraction of sp³-hybridized carbons (Fsp3) is 0.471. The van der Waals surface area contributed by atoms with Gasteiger partial charge in [0.15, 0.2) is 0 Å². The molecular formula is C17H25N3. The van der Waals surface area contributed by atoms with Gasteiger partial charge in [0.2, 0.25) is 0 Å². The van der Waals surface area contributed by atoms with E-state index in [1.165, 1.54) is 22.3 Å². The highest BCUT2D eigenvalue weighted by atomic mass is 15.2. The van der Waals surface area contributed by atoms with Crippen molar-refractivity contribution in [1.29, 1.82) is 0 Å². The Morgan fingerprint density at radius 1 is 1.30 bits per heavy atom. The van der Waals surface area contributed by atoms with E-state index in [9.17, 15) is 0 Å². The number of hydrogen-bond donors (Lipinski definition) is 1. The molecule has 2 aromatic rings. The zero-order valence-electron chi connectivity index (χ0n) is 13.0. The number of hydrogen-bond acceptors (Lipinski definition) is 2. The summed E-state index contributed by atoms with van der Waals surface area (Å²) in [4.78, 5) is 0. The van der Waals surface area contributed by atoms with Crippen LogP contribution in [0.15, 0.2) is 30.6 Å². The van der Waals surface area contributed by atoms with E-state index >= 15 is 0 Å². The zero-order chi connectivity index (χ0) is 14.5. The molecule has 1 N–H and O–H groups in total. The summed E-state index contributed by atoms with van der Waals surface area (Å²) < 4.78 is 1.87. The van der Waals surface area contributed by atoms with Crippen LogP contribution in [0.1, 0.15) is 41.6 Å². The lowest BCUT2D eigenvalue weighted by atomic mass is 9.94. The van der Waals surface area contributed by atoms with Crippen LogP contribution >= 0.6 is 0 Å². The third kappa shape index (κ3) is 3.48. The van der Waals surface area contributed by atoms with Crippen molar-refractivity contribution in [2.45, 2.75) is 39.7 Å². The molecule has 1 aromatic carbocycles. The molecule has 0 saturated heterocycles. The summed E-state index contributed by atoms with van der Waals surface area (Å²) in [7, 11) is 1.97. The van der Waals surface area contributed by atoms with Crippen LogP contribution in [0.25, 0.3) is 0 Å². The molecule has 1 unspecified atom stereocenters. The minimum atomic E-state index is 0.360. The lowest BCUT2D eigenvalue weighted by Gasteiger charge is -2.21. The van der Waals surface area contributed by atoms with Gasteiger partial charge in [0.25, 0.3) is 0 Å². The van der Waals surface area contributed by atoms with Gasteiger partial charge >= 0.3 is 0 Å². The molecule has 1 aromatic heterocycles. The molecule has 0 saturated carbocycles. The van der Waals surface area contributed by atoms with Crippen LogP contribution in [-0.2, 0) is 13.5 Å². The third-order valence-corrected chi connectivity index (χ3v) is 3.86. The second-order valence-electron chi connectivity index (χ2n) is 5.52. The molecule has 0 bridgehead atoms. The van der Waals surface area contributed by atoms with Gasteiger partial charge in [-0.15, -0.1) is 0 Å². The van der Waals surface area contributed by atoms with Gasteiger partial charge in [0, 0.05) is 19.3 Å². The first-order valence-corrected chi connectivity index (χ1v) is 7.38. The normalized spacial score (nSPS) is 12.6. The van der Waals surface area contributed by atoms with E-state index in [4.69, 9.17) is 0 Å². The van der Waals surface area contributed by atoms with Gasteiger partial charge in [-0.1, -0.05) is 25.1 Å². The van der Waals surface area contributed by atoms with Crippen LogP contribution < -0.4 is 5.32 Å². The first kappa shape index (κ1) is 14.8. The Bertz CT molecular complexity index is 557. The van der Waals surface area contributed by atoms with Crippen molar-refractivity contribution >= 4 is 0 Å². The van der Waals surface area contributed by atoms with Crippen LogP contribution in [0.4, 0.5) is 0 Å². The molecule has 0 amide bonds. The predicted molar refractivity (Wildman–Crippen MR) is 83.9 cm³/mol. The van der Waals surface area contributed by atoms with Crippen LogP contribution in [0.2, 0.25) is 0 Å². The quantitative estimate of drug-likeness (QED) is 0.873. The Kier molecular flexibility index (Phi) is 4.96. The van der Waals surface area contributed by atoms with Crippen molar-refractivity contribution in [2.24, 2.45) is 7.05 Å². The number of rotatable bonds is 6. The van der Waals surface area contributed by atoms with Crippen molar-refractivity contribution in [3.8, 4) is 0 Å². The minimum absolute atomic E-state index is 0.360. The molecule has 0 aliphatic rings. The first-order valence-electron chi connectivity index (χ1n) is 7.38. The van der Waals surface area contributed by atoms with Crippen molar-refractivity contribution in [2.75, 3.05) is 6.54 Å². The largest absolute Gasteiger partial charge is 0.310 e. The Morgan fingerprint density at radius 3 is 2.75 bits per heavy atom. The van der Waals surface area contributed by atoms with Crippen LogP contribution in [0, 0.1) is 13.8 Å². The number of aryl methyl sites for hydroxylation is 2. The molecular weight excluding hydrogens is 246 g/mol. The number of benzene rings is 1. The summed E-state index contributed by atoms with van der Waals surface area (Å²) in [6, 6.07) is 6.94. The fourth-order valence-corrected chi connectivity index (χ4v) is 2.57. The molecule has 0 aliphatic carbocycles. The number of nitrogens with one attached hydrogen (secondary N) is 1. The summed E-state index contributed by atoms with van der Waals surface area (Å²) in [5, 5.41) is 7.95. The second kappa shape index (κ2) is 6.71. The predicted octanol–water partition coefficient (Wildman–Crippen LogP) is 3.32. The highest BCUT2D eigenvalue weighted by Crippen LogP contribution is 2.23. The maximum Gasteiger partial charge on any atom is 0.0522 e. The van der Waals surface area contributed by atoms with Gasteiger partial charge in [-0.25, -0.2) is 0 Å². The van der Waals surface area contributed by atoms with Crippen LogP contribution in [-0.4, -0.2) is 16.3 Å². The maximum atomic E-state index is 4.27. The van der Waals surface area contributed by atoms with E-state index in [1.807, 2.05) is 17.9 Å². The molecule has 0 fully saturated rings. The maximum absolute atomic E-state index is 4.27. The van der Waals surface area contributed by atoms with E-state index in [0.717, 1.165) is 19.4 Å². The summed E-state index contributed by atoms with van der Waals surface area (Å²) in [5.41, 5.74) is 5.44. The first-order chi connectivity index (χ1) is 9.61. The van der Waals surface area contributed by atoms with E-state index in [0.29, 0.717) is 6.04 Å². The highest BCUT2D eigenvalue weighted by Gasteiger charge is 2.15. The monoisotopic (exact) mass is 271 g/mol. The molecule has 1 atom stereocenters. The van der Waals surface area contributed by atoms with E-state index in [2.05, 4.69) is 55.6 Å². The number of nitrogens with zero attached hydrogens (tertiary/aromatic N) is 2. The Morgan fingerprint density at radius 2 is 2.10 bits per heavy atom. The third-order valence-electron chi connectivity index (χ3n) is 3.86. The fourth-order valence-electron chi connectivity index (χ4n) is 2.57. The molecule has 0 aliphatic heterocycles. The van der Waals surface area contributed by atoms with Gasteiger partial charge < -0.3 is 5.32 Å². The summed E-state index contributed by atoms with van der Waals surface area (Å²) >= 11 is 0. The molecule has 1 heterocycles. The smallest absolute Gasteiger partial charge is 0.0522 e. The molecule has 3 nitrogen and oxygen atoms in total. The number of aromatic nitrogens is 2. The molecule has 2 rings (SSSR count). The van der Waals surface area contributed by atoms with Gasteiger partial charge in [0.05, 0.1) is 6.20 Å².